The highest BCUT2D eigenvalue weighted by Gasteiger charge is 2.24. The molecule has 1 aromatic rings. The lowest BCUT2D eigenvalue weighted by Gasteiger charge is -2.24. The molecule has 0 aliphatic heterocycles. The molecule has 1 aliphatic rings. The fraction of sp³-hybridized carbons (Fsp3) is 0.529. The quantitative estimate of drug-likeness (QED) is 0.646. The monoisotopic (exact) mass is 318 g/mol. The number of nitrogens with zero attached hydrogens (tertiary/aromatic N) is 1. The number of nitriles is 1. The predicted molar refractivity (Wildman–Crippen MR) is 87.7 cm³/mol. The van der Waals surface area contributed by atoms with Gasteiger partial charge in [0, 0.05) is 29.0 Å². The molecule has 2 rings (SSSR count). The van der Waals surface area contributed by atoms with Crippen molar-refractivity contribution in [1.29, 1.82) is 5.26 Å². The van der Waals surface area contributed by atoms with Gasteiger partial charge in [0.1, 0.15) is 0 Å². The molecule has 1 aliphatic carbocycles. The van der Waals surface area contributed by atoms with E-state index in [2.05, 4.69) is 11.4 Å². The normalized spacial score (nSPS) is 21.6. The summed E-state index contributed by atoms with van der Waals surface area (Å²) < 4.78 is 0. The average Bonchev–Trinajstić information content (AvgIpc) is 2.78. The number of carbonyl (C=O) groups is 1. The van der Waals surface area contributed by atoms with Gasteiger partial charge in [0.05, 0.1) is 11.8 Å². The van der Waals surface area contributed by atoms with Crippen LogP contribution in [0.2, 0.25) is 0 Å². The van der Waals surface area contributed by atoms with Gasteiger partial charge in [-0.25, -0.2) is 0 Å². The smallest absolute Gasteiger partial charge is 0.251 e. The van der Waals surface area contributed by atoms with Gasteiger partial charge in [-0.2, -0.15) is 5.26 Å². The Hall–Kier alpha value is -1.51. The number of aliphatic hydroxyl groups is 1. The van der Waals surface area contributed by atoms with Gasteiger partial charge in [-0.3, -0.25) is 4.79 Å². The highest BCUT2D eigenvalue weighted by atomic mass is 32.2. The number of rotatable bonds is 5. The van der Waals surface area contributed by atoms with Crippen molar-refractivity contribution in [2.24, 2.45) is 5.92 Å². The molecule has 0 radical (unpaired) electrons. The molecule has 2 atom stereocenters. The van der Waals surface area contributed by atoms with Gasteiger partial charge in [0.15, 0.2) is 0 Å². The van der Waals surface area contributed by atoms with E-state index < -0.39 is 0 Å². The third-order valence-electron chi connectivity index (χ3n) is 4.11. The van der Waals surface area contributed by atoms with Gasteiger partial charge in [-0.05, 0) is 31.0 Å². The van der Waals surface area contributed by atoms with E-state index in [0.717, 1.165) is 30.6 Å². The fourth-order valence-electron chi connectivity index (χ4n) is 2.89. The predicted octanol–water partition coefficient (Wildman–Crippen LogP) is 2.97. The van der Waals surface area contributed by atoms with Crippen molar-refractivity contribution in [2.75, 3.05) is 12.4 Å². The second-order valence-electron chi connectivity index (χ2n) is 5.64. The Labute approximate surface area is 135 Å². The number of carbonyl (C=O) groups excluding carboxylic acids is 1. The van der Waals surface area contributed by atoms with Gasteiger partial charge < -0.3 is 10.4 Å². The molecular formula is C17H22N2O2S. The molecule has 0 aromatic heterocycles. The summed E-state index contributed by atoms with van der Waals surface area (Å²) in [6.45, 7) is 0.128. The van der Waals surface area contributed by atoms with Crippen molar-refractivity contribution < 1.29 is 9.90 Å². The summed E-state index contributed by atoms with van der Waals surface area (Å²) in [4.78, 5) is 13.4. The lowest BCUT2D eigenvalue weighted by atomic mass is 9.95. The number of hydrogen-bond acceptors (Lipinski definition) is 4. The molecule has 5 heteroatoms. The zero-order chi connectivity index (χ0) is 15.8. The van der Waals surface area contributed by atoms with Crippen molar-refractivity contribution in [1.82, 2.24) is 5.32 Å². The largest absolute Gasteiger partial charge is 0.396 e. The second-order valence-corrected chi connectivity index (χ2v) is 6.68. The zero-order valence-electron chi connectivity index (χ0n) is 12.6. The molecule has 4 nitrogen and oxygen atoms in total. The molecule has 1 aromatic carbocycles. The summed E-state index contributed by atoms with van der Waals surface area (Å²) in [5.74, 6) is 0.438. The SMILES string of the molecule is N#CCSc1cccc(C(=O)NC2CCCCCC2CO)c1. The highest BCUT2D eigenvalue weighted by molar-refractivity contribution is 7.99. The molecule has 22 heavy (non-hydrogen) atoms. The molecule has 1 amide bonds. The van der Waals surface area contributed by atoms with E-state index >= 15 is 0 Å². The van der Waals surface area contributed by atoms with Crippen LogP contribution < -0.4 is 5.32 Å². The summed E-state index contributed by atoms with van der Waals surface area (Å²) >= 11 is 1.43. The van der Waals surface area contributed by atoms with Crippen LogP contribution in [0.3, 0.4) is 0 Å². The van der Waals surface area contributed by atoms with Crippen LogP contribution in [0.5, 0.6) is 0 Å². The first-order valence-electron chi connectivity index (χ1n) is 7.76. The van der Waals surface area contributed by atoms with Crippen LogP contribution in [-0.2, 0) is 0 Å². The van der Waals surface area contributed by atoms with Gasteiger partial charge >= 0.3 is 0 Å². The molecular weight excluding hydrogens is 296 g/mol. The molecule has 1 saturated carbocycles. The number of benzene rings is 1. The van der Waals surface area contributed by atoms with Crippen molar-refractivity contribution in [3.63, 3.8) is 0 Å². The van der Waals surface area contributed by atoms with Gasteiger partial charge in [-0.1, -0.05) is 25.3 Å². The van der Waals surface area contributed by atoms with E-state index in [9.17, 15) is 9.90 Å². The molecule has 1 fully saturated rings. The number of amides is 1. The lowest BCUT2D eigenvalue weighted by molar-refractivity contribution is 0.0899. The van der Waals surface area contributed by atoms with Crippen molar-refractivity contribution in [2.45, 2.75) is 43.0 Å². The Morgan fingerprint density at radius 2 is 2.18 bits per heavy atom. The Bertz CT molecular complexity index is 542. The van der Waals surface area contributed by atoms with Crippen LogP contribution in [0.25, 0.3) is 0 Å². The van der Waals surface area contributed by atoms with Crippen LogP contribution >= 0.6 is 11.8 Å². The molecule has 0 bridgehead atoms. The minimum absolute atomic E-state index is 0.0513. The van der Waals surface area contributed by atoms with E-state index in [1.807, 2.05) is 18.2 Å². The fourth-order valence-corrected chi connectivity index (χ4v) is 3.50. The Kier molecular flexibility index (Phi) is 6.75. The van der Waals surface area contributed by atoms with Gasteiger partial charge in [0.25, 0.3) is 5.91 Å². The number of hydrogen-bond donors (Lipinski definition) is 2. The molecule has 118 valence electrons. The third kappa shape index (κ3) is 4.75. The van der Waals surface area contributed by atoms with Crippen LogP contribution in [0, 0.1) is 17.2 Å². The summed E-state index contributed by atoms with van der Waals surface area (Å²) in [5.41, 5.74) is 0.615. The van der Waals surface area contributed by atoms with Crippen LogP contribution in [0.15, 0.2) is 29.2 Å². The molecule has 0 heterocycles. The zero-order valence-corrected chi connectivity index (χ0v) is 13.4. The van der Waals surface area contributed by atoms with E-state index in [1.54, 1.807) is 6.07 Å². The van der Waals surface area contributed by atoms with Gasteiger partial charge in [0.2, 0.25) is 0 Å². The first kappa shape index (κ1) is 16.9. The summed E-state index contributed by atoms with van der Waals surface area (Å²) in [5, 5.41) is 21.2. The van der Waals surface area contributed by atoms with Crippen molar-refractivity contribution in [3.05, 3.63) is 29.8 Å². The second kappa shape index (κ2) is 8.82. The number of thioether (sulfide) groups is 1. The Balaban J connectivity index is 2.02. The molecule has 0 saturated heterocycles. The van der Waals surface area contributed by atoms with Crippen LogP contribution in [0.1, 0.15) is 42.5 Å². The summed E-state index contributed by atoms with van der Waals surface area (Å²) in [6.07, 6.45) is 5.29. The minimum Gasteiger partial charge on any atom is -0.396 e. The van der Waals surface area contributed by atoms with E-state index in [1.165, 1.54) is 18.2 Å². The average molecular weight is 318 g/mol. The Morgan fingerprint density at radius 3 is 2.95 bits per heavy atom. The van der Waals surface area contributed by atoms with Gasteiger partial charge in [-0.15, -0.1) is 11.8 Å². The highest BCUT2D eigenvalue weighted by Crippen LogP contribution is 2.24. The maximum absolute atomic E-state index is 12.4. The maximum atomic E-state index is 12.4. The van der Waals surface area contributed by atoms with Crippen LogP contribution in [0.4, 0.5) is 0 Å². The topological polar surface area (TPSA) is 73.1 Å². The Morgan fingerprint density at radius 1 is 1.36 bits per heavy atom. The van der Waals surface area contributed by atoms with E-state index in [0.29, 0.717) is 11.3 Å². The van der Waals surface area contributed by atoms with E-state index in [-0.39, 0.29) is 24.5 Å². The molecule has 0 spiro atoms. The lowest BCUT2D eigenvalue weighted by Crippen LogP contribution is -2.41. The maximum Gasteiger partial charge on any atom is 0.251 e. The standard InChI is InChI=1S/C17H22N2O2S/c18-9-10-22-15-7-4-6-13(11-15)17(21)19-16-8-3-1-2-5-14(16)12-20/h4,6-7,11,14,16,20H,1-3,5,8,10,12H2,(H,19,21). The van der Waals surface area contributed by atoms with Crippen molar-refractivity contribution in [3.8, 4) is 6.07 Å². The number of nitrogens with one attached hydrogen (secondary N) is 1. The minimum atomic E-state index is -0.0928. The first-order chi connectivity index (χ1) is 10.7. The van der Waals surface area contributed by atoms with Crippen LogP contribution in [-0.4, -0.2) is 29.4 Å². The molecule has 2 unspecified atom stereocenters. The van der Waals surface area contributed by atoms with Crippen molar-refractivity contribution >= 4 is 17.7 Å². The number of aliphatic hydroxyl groups excluding tert-OH is 1. The summed E-state index contributed by atoms with van der Waals surface area (Å²) in [7, 11) is 0. The first-order valence-corrected chi connectivity index (χ1v) is 8.74. The van der Waals surface area contributed by atoms with E-state index in [4.69, 9.17) is 5.26 Å². The summed E-state index contributed by atoms with van der Waals surface area (Å²) in [6, 6.07) is 9.49. The molecule has 2 N–H and O–H groups in total. The third-order valence-corrected chi connectivity index (χ3v) is 4.97.